The SMILES string of the molecule is CC(C)n1c(C2CCCN(CCOCCO)C2)nc2ccccc21. The fraction of sp³-hybridized carbons (Fsp3) is 0.632. The first kappa shape index (κ1) is 17.4. The van der Waals surface area contributed by atoms with Crippen LogP contribution in [0.4, 0.5) is 0 Å². The average molecular weight is 331 g/mol. The fourth-order valence-electron chi connectivity index (χ4n) is 3.72. The normalized spacial score (nSPS) is 19.4. The molecule has 5 nitrogen and oxygen atoms in total. The van der Waals surface area contributed by atoms with Gasteiger partial charge in [-0.05, 0) is 45.4 Å². The summed E-state index contributed by atoms with van der Waals surface area (Å²) in [6, 6.07) is 8.86. The van der Waals surface area contributed by atoms with E-state index < -0.39 is 0 Å². The summed E-state index contributed by atoms with van der Waals surface area (Å²) >= 11 is 0. The minimum absolute atomic E-state index is 0.0983. The van der Waals surface area contributed by atoms with Crippen molar-refractivity contribution in [3.63, 3.8) is 0 Å². The lowest BCUT2D eigenvalue weighted by Gasteiger charge is -2.33. The molecule has 5 heteroatoms. The molecule has 132 valence electrons. The van der Waals surface area contributed by atoms with Crippen LogP contribution in [0.5, 0.6) is 0 Å². The summed E-state index contributed by atoms with van der Waals surface area (Å²) in [7, 11) is 0. The second-order valence-corrected chi connectivity index (χ2v) is 6.90. The van der Waals surface area contributed by atoms with Crippen molar-refractivity contribution >= 4 is 11.0 Å². The molecule has 1 fully saturated rings. The molecule has 1 atom stereocenters. The van der Waals surface area contributed by atoms with Crippen molar-refractivity contribution in [2.75, 3.05) is 39.5 Å². The van der Waals surface area contributed by atoms with Crippen molar-refractivity contribution in [1.82, 2.24) is 14.5 Å². The third-order valence-electron chi connectivity index (χ3n) is 4.80. The zero-order valence-corrected chi connectivity index (χ0v) is 14.8. The van der Waals surface area contributed by atoms with Gasteiger partial charge in [-0.2, -0.15) is 0 Å². The Labute approximate surface area is 144 Å². The molecule has 0 aliphatic carbocycles. The van der Waals surface area contributed by atoms with E-state index >= 15 is 0 Å². The highest BCUT2D eigenvalue weighted by Crippen LogP contribution is 2.31. The van der Waals surface area contributed by atoms with Gasteiger partial charge in [0.1, 0.15) is 5.82 Å². The first-order chi connectivity index (χ1) is 11.7. The highest BCUT2D eigenvalue weighted by molar-refractivity contribution is 5.76. The highest BCUT2D eigenvalue weighted by atomic mass is 16.5. The van der Waals surface area contributed by atoms with Crippen molar-refractivity contribution in [2.45, 2.75) is 38.6 Å². The number of nitrogens with zero attached hydrogens (tertiary/aromatic N) is 3. The summed E-state index contributed by atoms with van der Waals surface area (Å²) in [5, 5.41) is 8.80. The van der Waals surface area contributed by atoms with E-state index in [9.17, 15) is 0 Å². The van der Waals surface area contributed by atoms with E-state index in [2.05, 4.69) is 47.6 Å². The molecule has 0 radical (unpaired) electrons. The van der Waals surface area contributed by atoms with Gasteiger partial charge in [0.25, 0.3) is 0 Å². The lowest BCUT2D eigenvalue weighted by Crippen LogP contribution is -2.37. The number of likely N-dealkylation sites (tertiary alicyclic amines) is 1. The number of ether oxygens (including phenoxy) is 1. The predicted octanol–water partition coefficient (Wildman–Crippen LogP) is 2.81. The Morgan fingerprint density at radius 2 is 2.12 bits per heavy atom. The van der Waals surface area contributed by atoms with Crippen LogP contribution in [0.2, 0.25) is 0 Å². The predicted molar refractivity (Wildman–Crippen MR) is 96.4 cm³/mol. The number of aliphatic hydroxyl groups excluding tert-OH is 1. The number of fused-ring (bicyclic) bond motifs is 1. The molecule has 1 saturated heterocycles. The van der Waals surface area contributed by atoms with Gasteiger partial charge in [0.05, 0.1) is 30.9 Å². The molecule has 2 heterocycles. The molecular formula is C19H29N3O2. The molecular weight excluding hydrogens is 302 g/mol. The smallest absolute Gasteiger partial charge is 0.114 e. The monoisotopic (exact) mass is 331 g/mol. The standard InChI is InChI=1S/C19H29N3O2/c1-15(2)22-18-8-4-3-7-17(18)20-19(22)16-6-5-9-21(14-16)10-12-24-13-11-23/h3-4,7-8,15-16,23H,5-6,9-14H2,1-2H3. The first-order valence-corrected chi connectivity index (χ1v) is 9.08. The third kappa shape index (κ3) is 3.79. The Morgan fingerprint density at radius 1 is 1.29 bits per heavy atom. The van der Waals surface area contributed by atoms with Gasteiger partial charge in [0.2, 0.25) is 0 Å². The first-order valence-electron chi connectivity index (χ1n) is 9.08. The van der Waals surface area contributed by atoms with Crippen LogP contribution in [0.3, 0.4) is 0 Å². The second kappa shape index (κ2) is 8.10. The third-order valence-corrected chi connectivity index (χ3v) is 4.80. The van der Waals surface area contributed by atoms with Crippen LogP contribution in [0.1, 0.15) is 44.5 Å². The van der Waals surface area contributed by atoms with Gasteiger partial charge >= 0.3 is 0 Å². The highest BCUT2D eigenvalue weighted by Gasteiger charge is 2.26. The van der Waals surface area contributed by atoms with Gasteiger partial charge < -0.3 is 19.3 Å². The molecule has 1 aliphatic heterocycles. The van der Waals surface area contributed by atoms with Crippen LogP contribution in [0.25, 0.3) is 11.0 Å². The van der Waals surface area contributed by atoms with E-state index in [1.54, 1.807) is 0 Å². The van der Waals surface area contributed by atoms with Crippen LogP contribution in [0.15, 0.2) is 24.3 Å². The molecule has 1 N–H and O–H groups in total. The Hall–Kier alpha value is -1.43. The van der Waals surface area contributed by atoms with Crippen molar-refractivity contribution in [3.8, 4) is 0 Å². The van der Waals surface area contributed by atoms with Gasteiger partial charge in [-0.1, -0.05) is 12.1 Å². The largest absolute Gasteiger partial charge is 0.394 e. The van der Waals surface area contributed by atoms with Gasteiger partial charge in [0.15, 0.2) is 0 Å². The molecule has 1 aromatic carbocycles. The average Bonchev–Trinajstić information content (AvgIpc) is 2.99. The van der Waals surface area contributed by atoms with Gasteiger partial charge in [-0.25, -0.2) is 4.98 Å². The fourth-order valence-corrected chi connectivity index (χ4v) is 3.72. The molecule has 0 amide bonds. The minimum Gasteiger partial charge on any atom is -0.394 e. The van der Waals surface area contributed by atoms with Gasteiger partial charge in [0, 0.05) is 25.0 Å². The quantitative estimate of drug-likeness (QED) is 0.793. The maximum absolute atomic E-state index is 8.80. The summed E-state index contributed by atoms with van der Waals surface area (Å²) in [6.07, 6.45) is 2.40. The molecule has 1 unspecified atom stereocenters. The zero-order chi connectivity index (χ0) is 16.9. The Balaban J connectivity index is 1.75. The van der Waals surface area contributed by atoms with Gasteiger partial charge in [-0.3, -0.25) is 0 Å². The van der Waals surface area contributed by atoms with Crippen molar-refractivity contribution < 1.29 is 9.84 Å². The van der Waals surface area contributed by atoms with Crippen molar-refractivity contribution in [1.29, 1.82) is 0 Å². The second-order valence-electron chi connectivity index (χ2n) is 6.90. The molecule has 2 aromatic rings. The maximum atomic E-state index is 8.80. The van der Waals surface area contributed by atoms with E-state index in [0.717, 1.165) is 25.2 Å². The number of aromatic nitrogens is 2. The van der Waals surface area contributed by atoms with Gasteiger partial charge in [-0.15, -0.1) is 0 Å². The maximum Gasteiger partial charge on any atom is 0.114 e. The summed E-state index contributed by atoms with van der Waals surface area (Å²) in [4.78, 5) is 7.44. The molecule has 1 aromatic heterocycles. The molecule has 3 rings (SSSR count). The van der Waals surface area contributed by atoms with Crippen molar-refractivity contribution in [2.24, 2.45) is 0 Å². The summed E-state index contributed by atoms with van der Waals surface area (Å²) in [5.74, 6) is 1.71. The topological polar surface area (TPSA) is 50.5 Å². The Morgan fingerprint density at radius 3 is 2.92 bits per heavy atom. The van der Waals surface area contributed by atoms with Crippen LogP contribution in [-0.4, -0.2) is 59.0 Å². The molecule has 0 spiro atoms. The lowest BCUT2D eigenvalue weighted by molar-refractivity contribution is 0.0666. The molecule has 0 saturated carbocycles. The van der Waals surface area contributed by atoms with Crippen LogP contribution in [-0.2, 0) is 4.74 Å². The van der Waals surface area contributed by atoms with Crippen LogP contribution < -0.4 is 0 Å². The van der Waals surface area contributed by atoms with E-state index in [0.29, 0.717) is 25.2 Å². The number of hydrogen-bond acceptors (Lipinski definition) is 4. The number of para-hydroxylation sites is 2. The lowest BCUT2D eigenvalue weighted by atomic mass is 9.97. The number of hydrogen-bond donors (Lipinski definition) is 1. The molecule has 24 heavy (non-hydrogen) atoms. The molecule has 1 aliphatic rings. The number of rotatable bonds is 7. The van der Waals surface area contributed by atoms with Crippen LogP contribution >= 0.6 is 0 Å². The number of benzene rings is 1. The summed E-state index contributed by atoms with van der Waals surface area (Å²) in [5.41, 5.74) is 2.34. The summed E-state index contributed by atoms with van der Waals surface area (Å²) in [6.45, 7) is 8.79. The van der Waals surface area contributed by atoms with E-state index in [-0.39, 0.29) is 6.61 Å². The zero-order valence-electron chi connectivity index (χ0n) is 14.8. The minimum atomic E-state index is 0.0983. The van der Waals surface area contributed by atoms with Crippen molar-refractivity contribution in [3.05, 3.63) is 30.1 Å². The van der Waals surface area contributed by atoms with Crippen LogP contribution in [0, 0.1) is 0 Å². The van der Waals surface area contributed by atoms with E-state index in [1.807, 2.05) is 0 Å². The Bertz CT molecular complexity index is 653. The summed E-state index contributed by atoms with van der Waals surface area (Å²) < 4.78 is 7.83. The number of aliphatic hydroxyl groups is 1. The number of piperidine rings is 1. The van der Waals surface area contributed by atoms with E-state index in [1.165, 1.54) is 24.2 Å². The number of imidazole rings is 1. The molecule has 0 bridgehead atoms. The van der Waals surface area contributed by atoms with E-state index in [4.69, 9.17) is 14.8 Å². The Kier molecular flexibility index (Phi) is 5.87.